The number of carbonyl (C=O) groups excluding carboxylic acids is 2. The summed E-state index contributed by atoms with van der Waals surface area (Å²) < 4.78 is 11.5. The van der Waals surface area contributed by atoms with Gasteiger partial charge in [0.15, 0.2) is 5.90 Å². The fourth-order valence-electron chi connectivity index (χ4n) is 9.69. The second-order valence-corrected chi connectivity index (χ2v) is 14.0. The molecule has 0 saturated heterocycles. The Morgan fingerprint density at radius 2 is 1.89 bits per heavy atom. The van der Waals surface area contributed by atoms with Crippen molar-refractivity contribution in [1.29, 1.82) is 0 Å². The molecule has 1 heterocycles. The number of rotatable bonds is 5. The Bertz CT molecular complexity index is 895. The van der Waals surface area contributed by atoms with Crippen LogP contribution in [-0.2, 0) is 19.1 Å². The van der Waals surface area contributed by atoms with Gasteiger partial charge in [-0.15, -0.1) is 0 Å². The Hall–Kier alpha value is -1.39. The fraction of sp³-hybridized carbons (Fsp3) is 0.900. The van der Waals surface area contributed by atoms with E-state index in [1.54, 1.807) is 0 Å². The zero-order chi connectivity index (χ0) is 25.2. The highest BCUT2D eigenvalue weighted by molar-refractivity contribution is 5.84. The monoisotopic (exact) mass is 485 g/mol. The van der Waals surface area contributed by atoms with Gasteiger partial charge in [0.1, 0.15) is 18.5 Å². The van der Waals surface area contributed by atoms with Gasteiger partial charge in [0.2, 0.25) is 0 Å². The van der Waals surface area contributed by atoms with Gasteiger partial charge in [0.05, 0.1) is 5.54 Å². The normalized spacial score (nSPS) is 45.0. The molecule has 5 nitrogen and oxygen atoms in total. The summed E-state index contributed by atoms with van der Waals surface area (Å²) in [5.41, 5.74) is 0.125. The van der Waals surface area contributed by atoms with Crippen LogP contribution >= 0.6 is 0 Å². The molecule has 5 aliphatic rings. The number of esters is 1. The van der Waals surface area contributed by atoms with Gasteiger partial charge < -0.3 is 9.47 Å². The zero-order valence-electron chi connectivity index (χ0n) is 22.9. The number of Topliss-reactive ketones (excluding diaryl/α,β-unsaturated/α-hetero) is 1. The van der Waals surface area contributed by atoms with Gasteiger partial charge in [-0.25, -0.2) is 4.99 Å². The Kier molecular flexibility index (Phi) is 6.40. The van der Waals surface area contributed by atoms with Gasteiger partial charge in [0, 0.05) is 25.7 Å². The molecule has 0 amide bonds. The molecule has 35 heavy (non-hydrogen) atoms. The van der Waals surface area contributed by atoms with E-state index in [-0.39, 0.29) is 34.4 Å². The quantitative estimate of drug-likeness (QED) is 0.424. The molecule has 196 valence electrons. The number of fused-ring (bicyclic) bond motifs is 5. The summed E-state index contributed by atoms with van der Waals surface area (Å²) in [5.74, 6) is 4.39. The second kappa shape index (κ2) is 8.87. The summed E-state index contributed by atoms with van der Waals surface area (Å²) in [7, 11) is 0. The molecule has 9 atom stereocenters. The number of ketones is 1. The first-order valence-electron chi connectivity index (χ1n) is 14.3. The fourth-order valence-corrected chi connectivity index (χ4v) is 9.69. The smallest absolute Gasteiger partial charge is 0.302 e. The third-order valence-electron chi connectivity index (χ3n) is 11.2. The Morgan fingerprint density at radius 3 is 2.57 bits per heavy atom. The van der Waals surface area contributed by atoms with Crippen molar-refractivity contribution in [2.45, 2.75) is 117 Å². The van der Waals surface area contributed by atoms with Crippen molar-refractivity contribution < 1.29 is 19.1 Å². The van der Waals surface area contributed by atoms with Crippen molar-refractivity contribution in [3.05, 3.63) is 0 Å². The molecule has 1 aliphatic heterocycles. The van der Waals surface area contributed by atoms with Crippen LogP contribution in [0.2, 0.25) is 0 Å². The van der Waals surface area contributed by atoms with Crippen molar-refractivity contribution in [3.8, 4) is 0 Å². The van der Waals surface area contributed by atoms with Crippen LogP contribution in [0.1, 0.15) is 106 Å². The van der Waals surface area contributed by atoms with Gasteiger partial charge in [-0.2, -0.15) is 0 Å². The molecule has 5 heteroatoms. The Balaban J connectivity index is 1.29. The number of ether oxygens (including phenoxy) is 2. The van der Waals surface area contributed by atoms with Crippen LogP contribution < -0.4 is 0 Å². The number of aliphatic imine (C=N–C) groups is 1. The van der Waals surface area contributed by atoms with Gasteiger partial charge in [-0.1, -0.05) is 20.8 Å². The largest absolute Gasteiger partial charge is 0.478 e. The van der Waals surface area contributed by atoms with E-state index in [0.717, 1.165) is 44.4 Å². The van der Waals surface area contributed by atoms with Crippen molar-refractivity contribution in [3.63, 3.8) is 0 Å². The lowest BCUT2D eigenvalue weighted by Crippen LogP contribution is -2.58. The van der Waals surface area contributed by atoms with Crippen LogP contribution in [0, 0.1) is 46.3 Å². The summed E-state index contributed by atoms with van der Waals surface area (Å²) in [6, 6.07) is 0. The molecular weight excluding hydrogens is 438 g/mol. The van der Waals surface area contributed by atoms with Crippen molar-refractivity contribution in [2.75, 3.05) is 6.61 Å². The van der Waals surface area contributed by atoms with Crippen molar-refractivity contribution in [2.24, 2.45) is 51.3 Å². The maximum absolute atomic E-state index is 14.0. The summed E-state index contributed by atoms with van der Waals surface area (Å²) in [4.78, 5) is 30.3. The third-order valence-corrected chi connectivity index (χ3v) is 11.2. The number of hydrogen-bond donors (Lipinski definition) is 0. The van der Waals surface area contributed by atoms with Crippen LogP contribution in [0.3, 0.4) is 0 Å². The van der Waals surface area contributed by atoms with E-state index >= 15 is 0 Å². The molecule has 0 spiro atoms. The third kappa shape index (κ3) is 4.37. The predicted octanol–water partition coefficient (Wildman–Crippen LogP) is 6.38. The van der Waals surface area contributed by atoms with E-state index in [2.05, 4.69) is 34.6 Å². The minimum atomic E-state index is -0.168. The summed E-state index contributed by atoms with van der Waals surface area (Å²) >= 11 is 0. The molecule has 0 aromatic rings. The van der Waals surface area contributed by atoms with Gasteiger partial charge in [-0.3, -0.25) is 9.59 Å². The predicted molar refractivity (Wildman–Crippen MR) is 137 cm³/mol. The lowest BCUT2D eigenvalue weighted by molar-refractivity contribution is -0.169. The zero-order valence-corrected chi connectivity index (χ0v) is 22.9. The van der Waals surface area contributed by atoms with Gasteiger partial charge in [0.25, 0.3) is 0 Å². The first kappa shape index (κ1) is 25.3. The highest BCUT2D eigenvalue weighted by Gasteiger charge is 2.63. The molecule has 0 unspecified atom stereocenters. The molecular formula is C30H47NO4. The van der Waals surface area contributed by atoms with E-state index in [9.17, 15) is 9.59 Å². The van der Waals surface area contributed by atoms with Crippen LogP contribution in [0.15, 0.2) is 4.99 Å². The standard InChI is InChI=1S/C30H47NO4/c1-18(7-12-26-31-28(3,4)17-34-26)23-10-11-24-22-9-8-20-15-21(35-19(2)32)13-14-29(20,5)27(22)25(33)16-30(23,24)6/h18,20-24,27H,7-17H2,1-6H3/t18-,20-,21-,22+,23-,24+,27-,29+,30-/m1/s1. The van der Waals surface area contributed by atoms with E-state index in [1.807, 2.05) is 0 Å². The van der Waals surface area contributed by atoms with E-state index in [0.29, 0.717) is 42.0 Å². The number of carbonyl (C=O) groups is 2. The minimum absolute atomic E-state index is 0.0434. The van der Waals surface area contributed by atoms with Gasteiger partial charge in [-0.05, 0) is 106 Å². The highest BCUT2D eigenvalue weighted by atomic mass is 16.5. The van der Waals surface area contributed by atoms with Gasteiger partial charge >= 0.3 is 5.97 Å². The summed E-state index contributed by atoms with van der Waals surface area (Å²) in [5, 5.41) is 0. The van der Waals surface area contributed by atoms with Crippen LogP contribution in [0.5, 0.6) is 0 Å². The number of nitrogens with zero attached hydrogens (tertiary/aromatic N) is 1. The molecule has 0 bridgehead atoms. The maximum Gasteiger partial charge on any atom is 0.302 e. The molecule has 0 radical (unpaired) electrons. The first-order valence-corrected chi connectivity index (χ1v) is 14.3. The van der Waals surface area contributed by atoms with E-state index in [1.165, 1.54) is 32.6 Å². The molecule has 0 aromatic heterocycles. The molecule has 0 aromatic carbocycles. The average molecular weight is 486 g/mol. The molecule has 0 N–H and O–H groups in total. The number of hydrogen-bond acceptors (Lipinski definition) is 5. The first-order chi connectivity index (χ1) is 16.4. The van der Waals surface area contributed by atoms with Crippen LogP contribution in [0.25, 0.3) is 0 Å². The average Bonchev–Trinajstić information content (AvgIpc) is 3.29. The maximum atomic E-state index is 14.0. The van der Waals surface area contributed by atoms with E-state index in [4.69, 9.17) is 14.5 Å². The summed E-state index contributed by atoms with van der Waals surface area (Å²) in [6.07, 6.45) is 10.6. The second-order valence-electron chi connectivity index (χ2n) is 14.0. The Labute approximate surface area is 212 Å². The van der Waals surface area contributed by atoms with Crippen LogP contribution in [-0.4, -0.2) is 35.9 Å². The molecule has 4 saturated carbocycles. The molecule has 5 rings (SSSR count). The SMILES string of the molecule is CC(=O)O[C@@H]1CC[C@@]2(C)[C@H](CC[C@H]3[C@@H]4CC[C@H]([C@H](C)CCC5=NC(C)(C)CO5)[C@@]4(C)CC(=O)[C@@H]32)C1. The van der Waals surface area contributed by atoms with E-state index < -0.39 is 0 Å². The van der Waals surface area contributed by atoms with Crippen LogP contribution in [0.4, 0.5) is 0 Å². The molecule has 4 fully saturated rings. The van der Waals surface area contributed by atoms with Crippen molar-refractivity contribution in [1.82, 2.24) is 0 Å². The lowest BCUT2D eigenvalue weighted by Gasteiger charge is -2.60. The summed E-state index contributed by atoms with van der Waals surface area (Å²) in [6.45, 7) is 13.7. The lowest BCUT2D eigenvalue weighted by atomic mass is 9.44. The van der Waals surface area contributed by atoms with Crippen molar-refractivity contribution >= 4 is 17.7 Å². The highest BCUT2D eigenvalue weighted by Crippen LogP contribution is 2.67. The molecule has 4 aliphatic carbocycles. The topological polar surface area (TPSA) is 65.0 Å². The minimum Gasteiger partial charge on any atom is -0.478 e. The Morgan fingerprint density at radius 1 is 1.11 bits per heavy atom.